The minimum Gasteiger partial charge on any atom is -0.490 e. The van der Waals surface area contributed by atoms with E-state index in [4.69, 9.17) is 14.6 Å². The summed E-state index contributed by atoms with van der Waals surface area (Å²) in [4.78, 5) is 49.6. The van der Waals surface area contributed by atoms with E-state index < -0.39 is 36.2 Å². The number of nitrogens with one attached hydrogen (secondary N) is 1. The van der Waals surface area contributed by atoms with Gasteiger partial charge in [0.25, 0.3) is 11.1 Å². The number of imide groups is 1. The van der Waals surface area contributed by atoms with Crippen molar-refractivity contribution in [2.75, 3.05) is 25.1 Å². The molecule has 1 aliphatic rings. The average molecular weight is 471 g/mol. The van der Waals surface area contributed by atoms with E-state index in [2.05, 4.69) is 5.32 Å². The lowest BCUT2D eigenvalue weighted by Gasteiger charge is -2.14. The van der Waals surface area contributed by atoms with E-state index >= 15 is 0 Å². The van der Waals surface area contributed by atoms with Gasteiger partial charge in [0.1, 0.15) is 6.54 Å². The monoisotopic (exact) mass is 470 g/mol. The van der Waals surface area contributed by atoms with Crippen LogP contribution < -0.4 is 14.8 Å². The summed E-state index contributed by atoms with van der Waals surface area (Å²) in [6, 6.07) is 12.0. The largest absolute Gasteiger partial charge is 0.490 e. The van der Waals surface area contributed by atoms with Crippen LogP contribution in [0.1, 0.15) is 18.1 Å². The first-order chi connectivity index (χ1) is 15.8. The van der Waals surface area contributed by atoms with Crippen LogP contribution in [-0.2, 0) is 14.4 Å². The molecule has 1 fully saturated rings. The average Bonchev–Trinajstić information content (AvgIpc) is 3.02. The van der Waals surface area contributed by atoms with Crippen LogP contribution in [0.2, 0.25) is 0 Å². The Balaban J connectivity index is 1.80. The third-order valence-corrected chi connectivity index (χ3v) is 5.44. The van der Waals surface area contributed by atoms with Crippen LogP contribution in [0.5, 0.6) is 11.5 Å². The lowest BCUT2D eigenvalue weighted by molar-refractivity contribution is -0.139. The molecule has 1 heterocycles. The number of carboxylic acids is 1. The second-order valence-corrected chi connectivity index (χ2v) is 7.91. The van der Waals surface area contributed by atoms with E-state index in [1.54, 1.807) is 37.3 Å². The Hall–Kier alpha value is -3.79. The maximum absolute atomic E-state index is 12.8. The zero-order valence-electron chi connectivity index (χ0n) is 18.0. The van der Waals surface area contributed by atoms with E-state index in [1.807, 2.05) is 19.1 Å². The molecule has 0 radical (unpaired) electrons. The molecule has 0 atom stereocenters. The standard InChI is InChI=1S/C23H22N2O7S/c1-3-31-17-10-6-8-15(21(17)32-13-20(27)28)11-18-22(29)25(23(30)33-18)12-19(26)24-16-9-5-4-7-14(16)2/h4-11H,3,12-13H2,1-2H3,(H,24,26)(H,27,28)/b18-11-. The topological polar surface area (TPSA) is 122 Å². The third kappa shape index (κ3) is 5.92. The zero-order chi connectivity index (χ0) is 24.0. The molecule has 9 nitrogen and oxygen atoms in total. The number of amides is 3. The van der Waals surface area contributed by atoms with Crippen molar-refractivity contribution >= 4 is 46.5 Å². The molecule has 3 rings (SSSR count). The molecule has 172 valence electrons. The Morgan fingerprint density at radius 3 is 2.58 bits per heavy atom. The second kappa shape index (κ2) is 10.7. The zero-order valence-corrected chi connectivity index (χ0v) is 18.8. The van der Waals surface area contributed by atoms with Crippen LogP contribution in [0, 0.1) is 6.92 Å². The SMILES string of the molecule is CCOc1cccc(/C=C2\SC(=O)N(CC(=O)Nc3ccccc3C)C2=O)c1OCC(=O)O. The quantitative estimate of drug-likeness (QED) is 0.534. The van der Waals surface area contributed by atoms with E-state index in [9.17, 15) is 19.2 Å². The van der Waals surface area contributed by atoms with Crippen molar-refractivity contribution < 1.29 is 33.8 Å². The first-order valence-corrected chi connectivity index (χ1v) is 10.8. The molecule has 0 bridgehead atoms. The molecule has 1 aliphatic heterocycles. The van der Waals surface area contributed by atoms with Crippen molar-refractivity contribution in [3.63, 3.8) is 0 Å². The summed E-state index contributed by atoms with van der Waals surface area (Å²) < 4.78 is 10.9. The Morgan fingerprint density at radius 2 is 1.88 bits per heavy atom. The predicted octanol–water partition coefficient (Wildman–Crippen LogP) is 3.53. The molecule has 10 heteroatoms. The smallest absolute Gasteiger partial charge is 0.341 e. The number of anilines is 1. The molecular weight excluding hydrogens is 448 g/mol. The molecule has 0 spiro atoms. The first-order valence-electron chi connectivity index (χ1n) is 10.0. The van der Waals surface area contributed by atoms with Gasteiger partial charge in [-0.2, -0.15) is 0 Å². The number of carboxylic acid groups (broad SMARTS) is 1. The van der Waals surface area contributed by atoms with Gasteiger partial charge in [0.2, 0.25) is 5.91 Å². The summed E-state index contributed by atoms with van der Waals surface area (Å²) in [5.41, 5.74) is 1.82. The minimum absolute atomic E-state index is 0.0810. The third-order valence-electron chi connectivity index (χ3n) is 4.53. The van der Waals surface area contributed by atoms with Crippen molar-refractivity contribution in [1.29, 1.82) is 0 Å². The van der Waals surface area contributed by atoms with Gasteiger partial charge < -0.3 is 19.9 Å². The van der Waals surface area contributed by atoms with Crippen LogP contribution in [0.25, 0.3) is 6.08 Å². The van der Waals surface area contributed by atoms with Crippen molar-refractivity contribution in [2.45, 2.75) is 13.8 Å². The van der Waals surface area contributed by atoms with Gasteiger partial charge >= 0.3 is 5.97 Å². The first kappa shape index (κ1) is 23.9. The maximum atomic E-state index is 12.8. The van der Waals surface area contributed by atoms with Crippen molar-refractivity contribution in [3.8, 4) is 11.5 Å². The highest BCUT2D eigenvalue weighted by Crippen LogP contribution is 2.37. The van der Waals surface area contributed by atoms with Gasteiger partial charge in [0.15, 0.2) is 18.1 Å². The van der Waals surface area contributed by atoms with Gasteiger partial charge in [0.05, 0.1) is 11.5 Å². The number of hydrogen-bond donors (Lipinski definition) is 2. The van der Waals surface area contributed by atoms with E-state index in [1.165, 1.54) is 6.08 Å². The second-order valence-electron chi connectivity index (χ2n) is 6.92. The number of nitrogens with zero attached hydrogens (tertiary/aromatic N) is 1. The summed E-state index contributed by atoms with van der Waals surface area (Å²) in [5, 5.41) is 11.1. The van der Waals surface area contributed by atoms with E-state index in [0.29, 0.717) is 35.4 Å². The Kier molecular flexibility index (Phi) is 7.73. The number of aryl methyl sites for hydroxylation is 1. The number of aliphatic carboxylic acids is 1. The Morgan fingerprint density at radius 1 is 1.12 bits per heavy atom. The lowest BCUT2D eigenvalue weighted by Crippen LogP contribution is -2.36. The van der Waals surface area contributed by atoms with Crippen molar-refractivity contribution in [1.82, 2.24) is 4.90 Å². The van der Waals surface area contributed by atoms with Gasteiger partial charge in [-0.15, -0.1) is 0 Å². The van der Waals surface area contributed by atoms with E-state index in [0.717, 1.165) is 10.5 Å². The minimum atomic E-state index is -1.17. The summed E-state index contributed by atoms with van der Waals surface area (Å²) in [6.07, 6.45) is 1.42. The van der Waals surface area contributed by atoms with Gasteiger partial charge in [-0.05, 0) is 49.4 Å². The number of carbonyl (C=O) groups is 4. The van der Waals surface area contributed by atoms with Crippen LogP contribution >= 0.6 is 11.8 Å². The van der Waals surface area contributed by atoms with Crippen LogP contribution in [0.4, 0.5) is 10.5 Å². The normalized spacial score (nSPS) is 14.5. The fraction of sp³-hybridized carbons (Fsp3) is 0.217. The number of benzene rings is 2. The van der Waals surface area contributed by atoms with E-state index in [-0.39, 0.29) is 10.7 Å². The summed E-state index contributed by atoms with van der Waals surface area (Å²) in [5.74, 6) is -1.85. The van der Waals surface area contributed by atoms with Gasteiger partial charge in [0, 0.05) is 11.3 Å². The Labute approximate surface area is 194 Å². The molecule has 0 aliphatic carbocycles. The molecule has 2 aromatic carbocycles. The van der Waals surface area contributed by atoms with Gasteiger partial charge in [-0.1, -0.05) is 30.3 Å². The molecule has 33 heavy (non-hydrogen) atoms. The fourth-order valence-corrected chi connectivity index (χ4v) is 3.86. The molecule has 0 saturated carbocycles. The number of hydrogen-bond acceptors (Lipinski definition) is 7. The number of ether oxygens (including phenoxy) is 2. The molecule has 2 aromatic rings. The summed E-state index contributed by atoms with van der Waals surface area (Å²) in [6.45, 7) is 2.88. The molecular formula is C23H22N2O7S. The lowest BCUT2D eigenvalue weighted by atomic mass is 10.1. The molecule has 3 amide bonds. The van der Waals surface area contributed by atoms with Crippen LogP contribution in [0.3, 0.4) is 0 Å². The number of thioether (sulfide) groups is 1. The van der Waals surface area contributed by atoms with Crippen LogP contribution in [-0.4, -0.2) is 52.8 Å². The highest BCUT2D eigenvalue weighted by Gasteiger charge is 2.36. The highest BCUT2D eigenvalue weighted by atomic mass is 32.2. The maximum Gasteiger partial charge on any atom is 0.341 e. The summed E-state index contributed by atoms with van der Waals surface area (Å²) >= 11 is 0.686. The molecule has 0 aromatic heterocycles. The fourth-order valence-electron chi connectivity index (χ4n) is 3.03. The molecule has 1 saturated heterocycles. The number of carbonyl (C=O) groups excluding carboxylic acids is 3. The molecule has 2 N–H and O–H groups in total. The molecule has 0 unspecified atom stereocenters. The number of rotatable bonds is 9. The van der Waals surface area contributed by atoms with Crippen LogP contribution in [0.15, 0.2) is 47.4 Å². The van der Waals surface area contributed by atoms with Gasteiger partial charge in [-0.25, -0.2) is 4.79 Å². The van der Waals surface area contributed by atoms with Gasteiger partial charge in [-0.3, -0.25) is 19.3 Å². The summed E-state index contributed by atoms with van der Waals surface area (Å²) in [7, 11) is 0. The highest BCUT2D eigenvalue weighted by molar-refractivity contribution is 8.18. The Bertz CT molecular complexity index is 1130. The van der Waals surface area contributed by atoms with Crippen molar-refractivity contribution in [3.05, 3.63) is 58.5 Å². The predicted molar refractivity (Wildman–Crippen MR) is 123 cm³/mol. The number of para-hydroxylation sites is 2. The van der Waals surface area contributed by atoms with Crippen molar-refractivity contribution in [2.24, 2.45) is 0 Å².